The minimum Gasteiger partial charge on any atom is -0.460 e. The summed E-state index contributed by atoms with van der Waals surface area (Å²) in [5, 5.41) is 6.08. The first-order valence-electron chi connectivity index (χ1n) is 11.0. The Morgan fingerprint density at radius 1 is 1.20 bits per heavy atom. The number of methoxy groups -OCH3 is 1. The molecule has 4 rings (SSSR count). The van der Waals surface area contributed by atoms with E-state index in [2.05, 4.69) is 15.3 Å². The lowest BCUT2D eigenvalue weighted by molar-refractivity contribution is -0.141. The van der Waals surface area contributed by atoms with Crippen molar-refractivity contribution in [2.24, 2.45) is 4.99 Å². The van der Waals surface area contributed by atoms with Crippen molar-refractivity contribution in [3.63, 3.8) is 0 Å². The molecule has 0 fully saturated rings. The van der Waals surface area contributed by atoms with Crippen LogP contribution in [0.3, 0.4) is 0 Å². The average molecular weight is 513 g/mol. The number of amidine groups is 1. The molecule has 35 heavy (non-hydrogen) atoms. The van der Waals surface area contributed by atoms with Crippen molar-refractivity contribution in [1.82, 2.24) is 15.2 Å². The molecule has 1 atom stereocenters. The Balaban J connectivity index is 1.59. The molecule has 0 aliphatic carbocycles. The molecule has 0 spiro atoms. The molecular weight excluding hydrogens is 488 g/mol. The molecule has 8 nitrogen and oxygen atoms in total. The predicted octanol–water partition coefficient (Wildman–Crippen LogP) is 4.21. The molecule has 1 N–H and O–H groups in total. The first-order chi connectivity index (χ1) is 17.0. The summed E-state index contributed by atoms with van der Waals surface area (Å²) in [6, 6.07) is 10.5. The highest BCUT2D eigenvalue weighted by Gasteiger charge is 2.41. The molecule has 3 heterocycles. The van der Waals surface area contributed by atoms with Crippen LogP contribution in [0.1, 0.15) is 30.5 Å². The number of fused-ring (bicyclic) bond motifs is 1. The number of ether oxygens (including phenoxy) is 2. The molecule has 10 heteroatoms. The van der Waals surface area contributed by atoms with Crippen LogP contribution in [-0.4, -0.2) is 47.3 Å². The molecule has 2 aromatic rings. The number of amides is 1. The quantitative estimate of drug-likeness (QED) is 0.397. The number of aliphatic imine (C=N–C) groups is 1. The van der Waals surface area contributed by atoms with Crippen molar-refractivity contribution in [2.75, 3.05) is 20.3 Å². The van der Waals surface area contributed by atoms with Gasteiger partial charge in [-0.05, 0) is 47.7 Å². The number of aromatic nitrogens is 1. The minimum absolute atomic E-state index is 0.124. The lowest BCUT2D eigenvalue weighted by Gasteiger charge is -2.36. The van der Waals surface area contributed by atoms with Crippen molar-refractivity contribution >= 4 is 40.4 Å². The molecule has 0 saturated heterocycles. The Hall–Kier alpha value is -3.14. The van der Waals surface area contributed by atoms with Crippen LogP contribution in [0.4, 0.5) is 0 Å². The lowest BCUT2D eigenvalue weighted by Crippen LogP contribution is -2.38. The van der Waals surface area contributed by atoms with E-state index in [1.807, 2.05) is 40.6 Å². The number of carbonyl (C=O) groups is 2. The number of esters is 1. The number of carbonyl (C=O) groups excluding carboxylic acids is 2. The number of hydrogen-bond acceptors (Lipinski definition) is 8. The lowest BCUT2D eigenvalue weighted by atomic mass is 9.94. The first kappa shape index (κ1) is 25.0. The fraction of sp³-hybridized carbons (Fsp3) is 0.280. The molecule has 0 saturated carbocycles. The second-order valence-corrected chi connectivity index (χ2v) is 9.16. The first-order valence-corrected chi connectivity index (χ1v) is 12.2. The zero-order valence-electron chi connectivity index (χ0n) is 19.4. The van der Waals surface area contributed by atoms with Crippen LogP contribution < -0.4 is 5.32 Å². The number of hydrogen-bond donors (Lipinski definition) is 1. The summed E-state index contributed by atoms with van der Waals surface area (Å²) in [5.41, 5.74) is 3.46. The van der Waals surface area contributed by atoms with Crippen molar-refractivity contribution in [2.45, 2.75) is 25.9 Å². The largest absolute Gasteiger partial charge is 0.460 e. The van der Waals surface area contributed by atoms with E-state index >= 15 is 0 Å². The molecule has 182 valence electrons. The Labute approximate surface area is 213 Å². The van der Waals surface area contributed by atoms with E-state index in [4.69, 9.17) is 21.1 Å². The van der Waals surface area contributed by atoms with Gasteiger partial charge in [-0.1, -0.05) is 35.5 Å². The summed E-state index contributed by atoms with van der Waals surface area (Å²) >= 11 is 7.73. The summed E-state index contributed by atoms with van der Waals surface area (Å²) in [6.07, 6.45) is 3.50. The highest BCUT2D eigenvalue weighted by molar-refractivity contribution is 8.16. The van der Waals surface area contributed by atoms with Gasteiger partial charge in [0.2, 0.25) is 5.91 Å². The minimum atomic E-state index is -0.537. The maximum absolute atomic E-state index is 13.2. The SMILES string of the molecule is COCCOC(=O)C1=C(C)N=C2SC=C(CC(=O)NCc3ccncc3)N2C1c1cccc(Cl)c1. The molecule has 1 aromatic heterocycles. The molecule has 0 bridgehead atoms. The fourth-order valence-electron chi connectivity index (χ4n) is 3.85. The normalized spacial score (nSPS) is 17.0. The number of allylic oxidation sites excluding steroid dienone is 1. The van der Waals surface area contributed by atoms with Gasteiger partial charge >= 0.3 is 5.97 Å². The van der Waals surface area contributed by atoms with Gasteiger partial charge in [0.25, 0.3) is 0 Å². The average Bonchev–Trinajstić information content (AvgIpc) is 3.24. The Morgan fingerprint density at radius 3 is 2.74 bits per heavy atom. The van der Waals surface area contributed by atoms with Crippen LogP contribution in [0, 0.1) is 0 Å². The monoisotopic (exact) mass is 512 g/mol. The zero-order valence-corrected chi connectivity index (χ0v) is 20.9. The van der Waals surface area contributed by atoms with Crippen LogP contribution >= 0.6 is 23.4 Å². The van der Waals surface area contributed by atoms with E-state index < -0.39 is 12.0 Å². The van der Waals surface area contributed by atoms with Crippen LogP contribution in [0.25, 0.3) is 0 Å². The van der Waals surface area contributed by atoms with Gasteiger partial charge in [0, 0.05) is 36.8 Å². The molecule has 1 aromatic carbocycles. The van der Waals surface area contributed by atoms with E-state index in [0.717, 1.165) is 16.8 Å². The third-order valence-electron chi connectivity index (χ3n) is 5.49. The molecule has 1 unspecified atom stereocenters. The maximum Gasteiger partial charge on any atom is 0.338 e. The van der Waals surface area contributed by atoms with E-state index in [-0.39, 0.29) is 25.5 Å². The van der Waals surface area contributed by atoms with Gasteiger partial charge in [-0.25, -0.2) is 9.79 Å². The number of pyridine rings is 1. The molecule has 0 radical (unpaired) electrons. The summed E-state index contributed by atoms with van der Waals surface area (Å²) < 4.78 is 10.5. The van der Waals surface area contributed by atoms with Gasteiger partial charge in [-0.3, -0.25) is 9.78 Å². The van der Waals surface area contributed by atoms with E-state index in [0.29, 0.717) is 28.0 Å². The zero-order chi connectivity index (χ0) is 24.8. The summed E-state index contributed by atoms with van der Waals surface area (Å²) in [6.45, 7) is 2.60. The van der Waals surface area contributed by atoms with Crippen molar-refractivity contribution in [3.8, 4) is 0 Å². The molecule has 2 aliphatic heterocycles. The predicted molar refractivity (Wildman–Crippen MR) is 135 cm³/mol. The van der Waals surface area contributed by atoms with Crippen molar-refractivity contribution < 1.29 is 19.1 Å². The topological polar surface area (TPSA) is 93.1 Å². The van der Waals surface area contributed by atoms with E-state index in [9.17, 15) is 9.59 Å². The van der Waals surface area contributed by atoms with E-state index in [1.165, 1.54) is 11.8 Å². The fourth-order valence-corrected chi connectivity index (χ4v) is 5.01. The summed E-state index contributed by atoms with van der Waals surface area (Å²) in [5.74, 6) is -0.624. The van der Waals surface area contributed by atoms with Gasteiger partial charge in [-0.15, -0.1) is 0 Å². The third kappa shape index (κ3) is 5.93. The smallest absolute Gasteiger partial charge is 0.338 e. The number of thioether (sulfide) groups is 1. The van der Waals surface area contributed by atoms with Gasteiger partial charge in [0.05, 0.1) is 30.3 Å². The molecule has 1 amide bonds. The second-order valence-electron chi connectivity index (χ2n) is 7.89. The van der Waals surface area contributed by atoms with Gasteiger partial charge in [-0.2, -0.15) is 0 Å². The number of rotatable bonds is 9. The number of halogens is 1. The van der Waals surface area contributed by atoms with Gasteiger partial charge in [0.15, 0.2) is 5.17 Å². The van der Waals surface area contributed by atoms with Crippen LogP contribution in [0.15, 0.2) is 76.2 Å². The van der Waals surface area contributed by atoms with Crippen LogP contribution in [0.2, 0.25) is 5.02 Å². The van der Waals surface area contributed by atoms with Crippen LogP contribution in [0.5, 0.6) is 0 Å². The van der Waals surface area contributed by atoms with Gasteiger partial charge in [0.1, 0.15) is 6.61 Å². The standard InChI is InChI=1S/C25H25ClN4O4S/c1-16-22(24(32)34-11-10-33-2)23(18-4-3-5-19(26)12-18)30-20(15-35-25(30)29-16)13-21(31)28-14-17-6-8-27-9-7-17/h3-9,12,15,23H,10-11,13-14H2,1-2H3,(H,28,31). The number of nitrogens with zero attached hydrogens (tertiary/aromatic N) is 3. The Bertz CT molecular complexity index is 1200. The van der Waals surface area contributed by atoms with Gasteiger partial charge < -0.3 is 19.7 Å². The molecule has 2 aliphatic rings. The Kier molecular flexibility index (Phi) is 8.22. The summed E-state index contributed by atoms with van der Waals surface area (Å²) in [4.78, 5) is 36.5. The maximum atomic E-state index is 13.2. The highest BCUT2D eigenvalue weighted by atomic mass is 35.5. The highest BCUT2D eigenvalue weighted by Crippen LogP contribution is 2.45. The Morgan fingerprint density at radius 2 is 2.00 bits per heavy atom. The third-order valence-corrected chi connectivity index (χ3v) is 6.61. The number of benzene rings is 1. The van der Waals surface area contributed by atoms with Crippen molar-refractivity contribution in [3.05, 3.63) is 87.3 Å². The second kappa shape index (κ2) is 11.5. The van der Waals surface area contributed by atoms with E-state index in [1.54, 1.807) is 32.5 Å². The van der Waals surface area contributed by atoms with Crippen LogP contribution in [-0.2, 0) is 25.6 Å². The van der Waals surface area contributed by atoms with Crippen molar-refractivity contribution in [1.29, 1.82) is 0 Å². The summed E-state index contributed by atoms with van der Waals surface area (Å²) in [7, 11) is 1.54. The number of nitrogens with one attached hydrogen (secondary N) is 1. The molecular formula is C25H25ClN4O4S.